The van der Waals surface area contributed by atoms with E-state index in [1.165, 1.54) is 19.3 Å². The summed E-state index contributed by atoms with van der Waals surface area (Å²) in [5.74, 6) is -0.464. The van der Waals surface area contributed by atoms with Crippen LogP contribution in [0.25, 0.3) is 0 Å². The van der Waals surface area contributed by atoms with Crippen molar-refractivity contribution in [2.75, 3.05) is 0 Å². The molecule has 0 aliphatic heterocycles. The zero-order chi connectivity index (χ0) is 10.1. The first-order valence-corrected chi connectivity index (χ1v) is 5.18. The lowest BCUT2D eigenvalue weighted by atomic mass is 9.64. The van der Waals surface area contributed by atoms with Crippen LogP contribution < -0.4 is 0 Å². The number of carboxylic acids is 1. The summed E-state index contributed by atoms with van der Waals surface area (Å²) in [5.41, 5.74) is 0.218. The second-order valence-electron chi connectivity index (χ2n) is 4.97. The van der Waals surface area contributed by atoms with Crippen LogP contribution in [-0.4, -0.2) is 11.1 Å². The first kappa shape index (κ1) is 10.6. The summed E-state index contributed by atoms with van der Waals surface area (Å²) in [6, 6.07) is 0. The Kier molecular flexibility index (Phi) is 2.99. The minimum Gasteiger partial charge on any atom is -0.481 e. The molecule has 0 radical (unpaired) electrons. The molecule has 1 N–H and O–H groups in total. The Morgan fingerprint density at radius 2 is 2.08 bits per heavy atom. The van der Waals surface area contributed by atoms with Crippen LogP contribution in [0.15, 0.2) is 0 Å². The molecule has 0 aromatic rings. The smallest absolute Gasteiger partial charge is 0.306 e. The van der Waals surface area contributed by atoms with Gasteiger partial charge in [-0.3, -0.25) is 4.79 Å². The Hall–Kier alpha value is -0.530. The molecular weight excluding hydrogens is 164 g/mol. The minimum absolute atomic E-state index is 0.185. The van der Waals surface area contributed by atoms with Gasteiger partial charge in [0, 0.05) is 0 Å². The van der Waals surface area contributed by atoms with Gasteiger partial charge in [-0.15, -0.1) is 0 Å². The lowest BCUT2D eigenvalue weighted by Crippen LogP contribution is -2.35. The van der Waals surface area contributed by atoms with Crippen LogP contribution in [0, 0.1) is 17.3 Å². The van der Waals surface area contributed by atoms with Crippen molar-refractivity contribution in [1.29, 1.82) is 0 Å². The zero-order valence-electron chi connectivity index (χ0n) is 8.84. The van der Waals surface area contributed by atoms with Gasteiger partial charge >= 0.3 is 5.97 Å². The Morgan fingerprint density at radius 3 is 2.54 bits per heavy atom. The number of aliphatic carboxylic acids is 1. The van der Waals surface area contributed by atoms with Gasteiger partial charge in [0.05, 0.1) is 5.92 Å². The molecule has 0 heterocycles. The van der Waals surface area contributed by atoms with Crippen LogP contribution in [0.3, 0.4) is 0 Å². The third-order valence-corrected chi connectivity index (χ3v) is 3.58. The van der Waals surface area contributed by atoms with E-state index in [2.05, 4.69) is 13.8 Å². The quantitative estimate of drug-likeness (QED) is 0.716. The molecule has 0 saturated heterocycles. The van der Waals surface area contributed by atoms with Crippen LogP contribution in [0.1, 0.15) is 46.5 Å². The summed E-state index contributed by atoms with van der Waals surface area (Å²) in [4.78, 5) is 10.9. The molecule has 0 aromatic carbocycles. The van der Waals surface area contributed by atoms with Crippen molar-refractivity contribution in [2.24, 2.45) is 17.3 Å². The van der Waals surface area contributed by atoms with Gasteiger partial charge in [0.1, 0.15) is 0 Å². The topological polar surface area (TPSA) is 37.3 Å². The number of hydrogen-bond acceptors (Lipinski definition) is 1. The summed E-state index contributed by atoms with van der Waals surface area (Å²) in [6.07, 6.45) is 4.72. The SMILES string of the molecule is C[C@@H](C(=O)O)C1CCCCC1(C)C. The van der Waals surface area contributed by atoms with Gasteiger partial charge in [0.2, 0.25) is 0 Å². The van der Waals surface area contributed by atoms with Crippen molar-refractivity contribution >= 4 is 5.97 Å². The fraction of sp³-hybridized carbons (Fsp3) is 0.909. The van der Waals surface area contributed by atoms with E-state index in [-0.39, 0.29) is 11.3 Å². The predicted octanol–water partition coefficient (Wildman–Crippen LogP) is 2.92. The van der Waals surface area contributed by atoms with E-state index in [0.29, 0.717) is 5.92 Å². The molecule has 1 rings (SSSR count). The summed E-state index contributed by atoms with van der Waals surface area (Å²) in [6.45, 7) is 6.26. The Bertz CT molecular complexity index is 196. The van der Waals surface area contributed by atoms with E-state index in [1.54, 1.807) is 0 Å². The first-order chi connectivity index (χ1) is 5.95. The van der Waals surface area contributed by atoms with Gasteiger partial charge in [0.25, 0.3) is 0 Å². The van der Waals surface area contributed by atoms with E-state index >= 15 is 0 Å². The molecule has 0 spiro atoms. The summed E-state index contributed by atoms with van der Waals surface area (Å²) in [7, 11) is 0. The van der Waals surface area contributed by atoms with Crippen LogP contribution in [-0.2, 0) is 4.79 Å². The molecule has 0 bridgehead atoms. The van der Waals surface area contributed by atoms with Crippen molar-refractivity contribution in [3.63, 3.8) is 0 Å². The molecule has 1 aliphatic carbocycles. The number of carboxylic acid groups (broad SMARTS) is 1. The zero-order valence-corrected chi connectivity index (χ0v) is 8.84. The molecular formula is C11H20O2. The molecule has 1 fully saturated rings. The monoisotopic (exact) mass is 184 g/mol. The van der Waals surface area contributed by atoms with E-state index in [9.17, 15) is 4.79 Å². The highest BCUT2D eigenvalue weighted by Gasteiger charge is 2.38. The molecule has 1 unspecified atom stereocenters. The molecule has 76 valence electrons. The Balaban J connectivity index is 2.70. The molecule has 2 heteroatoms. The minimum atomic E-state index is -0.639. The lowest BCUT2D eigenvalue weighted by Gasteiger charge is -2.40. The van der Waals surface area contributed by atoms with E-state index in [4.69, 9.17) is 5.11 Å². The summed E-state index contributed by atoms with van der Waals surface area (Å²) in [5, 5.41) is 8.97. The van der Waals surface area contributed by atoms with Crippen molar-refractivity contribution in [3.05, 3.63) is 0 Å². The molecule has 0 amide bonds. The van der Waals surface area contributed by atoms with E-state index in [1.807, 2.05) is 6.92 Å². The maximum atomic E-state index is 10.9. The van der Waals surface area contributed by atoms with Gasteiger partial charge in [0.15, 0.2) is 0 Å². The molecule has 1 saturated carbocycles. The highest BCUT2D eigenvalue weighted by atomic mass is 16.4. The molecule has 2 nitrogen and oxygen atoms in total. The van der Waals surface area contributed by atoms with Gasteiger partial charge in [-0.05, 0) is 24.2 Å². The fourth-order valence-electron chi connectivity index (χ4n) is 2.62. The highest BCUT2D eigenvalue weighted by molar-refractivity contribution is 5.70. The average Bonchev–Trinajstić information content (AvgIpc) is 2.02. The molecule has 13 heavy (non-hydrogen) atoms. The second kappa shape index (κ2) is 3.69. The van der Waals surface area contributed by atoms with Crippen molar-refractivity contribution in [2.45, 2.75) is 46.5 Å². The average molecular weight is 184 g/mol. The van der Waals surface area contributed by atoms with Crippen molar-refractivity contribution in [1.82, 2.24) is 0 Å². The second-order valence-corrected chi connectivity index (χ2v) is 4.97. The lowest BCUT2D eigenvalue weighted by molar-refractivity contribution is -0.145. The number of rotatable bonds is 2. The van der Waals surface area contributed by atoms with Gasteiger partial charge in [-0.25, -0.2) is 0 Å². The normalized spacial score (nSPS) is 29.6. The summed E-state index contributed by atoms with van der Waals surface area (Å²) < 4.78 is 0. The van der Waals surface area contributed by atoms with Crippen molar-refractivity contribution in [3.8, 4) is 0 Å². The van der Waals surface area contributed by atoms with Crippen LogP contribution in [0.2, 0.25) is 0 Å². The number of carbonyl (C=O) groups is 1. The van der Waals surface area contributed by atoms with Crippen LogP contribution >= 0.6 is 0 Å². The van der Waals surface area contributed by atoms with Crippen molar-refractivity contribution < 1.29 is 9.90 Å². The number of hydrogen-bond donors (Lipinski definition) is 1. The standard InChI is InChI=1S/C11H20O2/c1-8(10(12)13)9-6-4-5-7-11(9,2)3/h8-9H,4-7H2,1-3H3,(H,12,13)/t8-,9?/m1/s1. The Morgan fingerprint density at radius 1 is 1.46 bits per heavy atom. The third-order valence-electron chi connectivity index (χ3n) is 3.58. The fourth-order valence-corrected chi connectivity index (χ4v) is 2.62. The van der Waals surface area contributed by atoms with Crippen LogP contribution in [0.5, 0.6) is 0 Å². The first-order valence-electron chi connectivity index (χ1n) is 5.18. The highest BCUT2D eigenvalue weighted by Crippen LogP contribution is 2.44. The van der Waals surface area contributed by atoms with Gasteiger partial charge in [-0.2, -0.15) is 0 Å². The summed E-state index contributed by atoms with van der Waals surface area (Å²) >= 11 is 0. The largest absolute Gasteiger partial charge is 0.481 e. The van der Waals surface area contributed by atoms with Crippen LogP contribution in [0.4, 0.5) is 0 Å². The molecule has 0 aromatic heterocycles. The van der Waals surface area contributed by atoms with Gasteiger partial charge in [-0.1, -0.05) is 33.6 Å². The third kappa shape index (κ3) is 2.23. The van der Waals surface area contributed by atoms with E-state index in [0.717, 1.165) is 6.42 Å². The maximum absolute atomic E-state index is 10.9. The van der Waals surface area contributed by atoms with Gasteiger partial charge < -0.3 is 5.11 Å². The predicted molar refractivity (Wildman–Crippen MR) is 52.5 cm³/mol. The Labute approximate surface area is 80.3 Å². The maximum Gasteiger partial charge on any atom is 0.306 e. The molecule has 2 atom stereocenters. The molecule has 1 aliphatic rings. The van der Waals surface area contributed by atoms with E-state index < -0.39 is 5.97 Å².